The Bertz CT molecular complexity index is 517. The molecule has 16 heavy (non-hydrogen) atoms. The van der Waals surface area contributed by atoms with Gasteiger partial charge in [-0.05, 0) is 19.1 Å². The third-order valence-corrected chi connectivity index (χ3v) is 2.37. The van der Waals surface area contributed by atoms with Gasteiger partial charge in [0.2, 0.25) is 0 Å². The minimum absolute atomic E-state index is 0.340. The largest absolute Gasteiger partial charge is 0.298 e. The molecule has 0 unspecified atom stereocenters. The Hall–Kier alpha value is -2.23. The van der Waals surface area contributed by atoms with Crippen LogP contribution in [0.25, 0.3) is 0 Å². The number of carbonyl (C=O) groups is 3. The molecule has 0 saturated carbocycles. The minimum atomic E-state index is -0.370. The van der Waals surface area contributed by atoms with Crippen molar-refractivity contribution in [1.82, 2.24) is 0 Å². The van der Waals surface area contributed by atoms with Crippen LogP contribution in [-0.2, 0) is 9.59 Å². The molecule has 0 spiro atoms. The van der Waals surface area contributed by atoms with Crippen LogP contribution in [0.5, 0.6) is 0 Å². The fourth-order valence-electron chi connectivity index (χ4n) is 1.57. The van der Waals surface area contributed by atoms with Gasteiger partial charge in [-0.3, -0.25) is 14.4 Å². The summed E-state index contributed by atoms with van der Waals surface area (Å²) in [6.45, 7) is 1.59. The van der Waals surface area contributed by atoms with E-state index in [0.29, 0.717) is 23.1 Å². The zero-order chi connectivity index (χ0) is 11.7. The highest BCUT2D eigenvalue weighted by atomic mass is 16.2. The van der Waals surface area contributed by atoms with Gasteiger partial charge in [-0.1, -0.05) is 12.1 Å². The van der Waals surface area contributed by atoms with E-state index in [-0.39, 0.29) is 11.8 Å². The van der Waals surface area contributed by atoms with Gasteiger partial charge in [0.1, 0.15) is 6.29 Å². The molecule has 0 aromatic heterocycles. The molecule has 1 aromatic rings. The highest BCUT2D eigenvalue weighted by Gasteiger charge is 2.29. The summed E-state index contributed by atoms with van der Waals surface area (Å²) < 4.78 is 0. The second-order valence-electron chi connectivity index (χ2n) is 3.52. The lowest BCUT2D eigenvalue weighted by Crippen LogP contribution is -2.30. The molecule has 1 aliphatic rings. The smallest absolute Gasteiger partial charge is 0.261 e. The number of aldehydes is 1. The zero-order valence-corrected chi connectivity index (χ0v) is 8.64. The summed E-state index contributed by atoms with van der Waals surface area (Å²) in [5, 5.41) is 0. The van der Waals surface area contributed by atoms with Crippen LogP contribution in [0, 0.1) is 0 Å². The quantitative estimate of drug-likeness (QED) is 0.552. The van der Waals surface area contributed by atoms with Crippen molar-refractivity contribution in [3.8, 4) is 0 Å². The molecule has 0 radical (unpaired) electrons. The first-order valence-electron chi connectivity index (χ1n) is 4.75. The SMILES string of the molecule is CC1=CC(=O)N(c2cccc(C=O)c2)C1=O. The van der Waals surface area contributed by atoms with Crippen LogP contribution in [0.2, 0.25) is 0 Å². The summed E-state index contributed by atoms with van der Waals surface area (Å²) >= 11 is 0. The van der Waals surface area contributed by atoms with E-state index in [0.717, 1.165) is 4.90 Å². The monoisotopic (exact) mass is 215 g/mol. The number of anilines is 1. The topological polar surface area (TPSA) is 54.5 Å². The maximum Gasteiger partial charge on any atom is 0.261 e. The van der Waals surface area contributed by atoms with Crippen LogP contribution < -0.4 is 4.90 Å². The Labute approximate surface area is 92.2 Å². The predicted molar refractivity (Wildman–Crippen MR) is 58.1 cm³/mol. The summed E-state index contributed by atoms with van der Waals surface area (Å²) in [4.78, 5) is 34.9. The average molecular weight is 215 g/mol. The molecule has 0 bridgehead atoms. The van der Waals surface area contributed by atoms with Crippen LogP contribution >= 0.6 is 0 Å². The van der Waals surface area contributed by atoms with Gasteiger partial charge in [0.05, 0.1) is 5.69 Å². The molecule has 0 N–H and O–H groups in total. The van der Waals surface area contributed by atoms with Crippen molar-refractivity contribution in [2.45, 2.75) is 6.92 Å². The summed E-state index contributed by atoms with van der Waals surface area (Å²) in [6, 6.07) is 6.37. The number of hydrogen-bond donors (Lipinski definition) is 0. The van der Waals surface area contributed by atoms with Crippen LogP contribution in [0.15, 0.2) is 35.9 Å². The van der Waals surface area contributed by atoms with Gasteiger partial charge < -0.3 is 0 Å². The Balaban J connectivity index is 2.42. The minimum Gasteiger partial charge on any atom is -0.298 e. The van der Waals surface area contributed by atoms with E-state index in [1.54, 1.807) is 25.1 Å². The Morgan fingerprint density at radius 1 is 1.25 bits per heavy atom. The molecular formula is C12H9NO3. The molecular weight excluding hydrogens is 206 g/mol. The number of hydrogen-bond acceptors (Lipinski definition) is 3. The molecule has 0 atom stereocenters. The Morgan fingerprint density at radius 2 is 2.00 bits per heavy atom. The first-order valence-corrected chi connectivity index (χ1v) is 4.75. The van der Waals surface area contributed by atoms with Gasteiger partial charge >= 0.3 is 0 Å². The normalized spacial score (nSPS) is 15.3. The highest BCUT2D eigenvalue weighted by Crippen LogP contribution is 2.22. The van der Waals surface area contributed by atoms with Gasteiger partial charge in [-0.15, -0.1) is 0 Å². The van der Waals surface area contributed by atoms with E-state index < -0.39 is 0 Å². The molecule has 1 heterocycles. The van der Waals surface area contributed by atoms with E-state index in [1.165, 1.54) is 12.1 Å². The van der Waals surface area contributed by atoms with Crippen molar-refractivity contribution in [2.24, 2.45) is 0 Å². The third kappa shape index (κ3) is 1.54. The highest BCUT2D eigenvalue weighted by molar-refractivity contribution is 6.30. The maximum atomic E-state index is 11.7. The Morgan fingerprint density at radius 3 is 2.56 bits per heavy atom. The summed E-state index contributed by atoms with van der Waals surface area (Å²) in [5.74, 6) is -0.710. The van der Waals surface area contributed by atoms with E-state index in [1.807, 2.05) is 0 Å². The number of carbonyl (C=O) groups excluding carboxylic acids is 3. The molecule has 80 valence electrons. The number of nitrogens with zero attached hydrogens (tertiary/aromatic N) is 1. The molecule has 0 fully saturated rings. The van der Waals surface area contributed by atoms with Gasteiger partial charge in [0.15, 0.2) is 0 Å². The fraction of sp³-hybridized carbons (Fsp3) is 0.0833. The van der Waals surface area contributed by atoms with Gasteiger partial charge in [-0.2, -0.15) is 0 Å². The summed E-state index contributed by atoms with van der Waals surface area (Å²) in [6.07, 6.45) is 1.96. The zero-order valence-electron chi connectivity index (χ0n) is 8.64. The number of benzene rings is 1. The first-order chi connectivity index (χ1) is 7.63. The van der Waals surface area contributed by atoms with Crippen molar-refractivity contribution < 1.29 is 14.4 Å². The molecule has 0 aliphatic carbocycles. The van der Waals surface area contributed by atoms with E-state index in [9.17, 15) is 14.4 Å². The van der Waals surface area contributed by atoms with Crippen molar-refractivity contribution >= 4 is 23.8 Å². The van der Waals surface area contributed by atoms with Crippen LogP contribution in [0.1, 0.15) is 17.3 Å². The lowest BCUT2D eigenvalue weighted by molar-refractivity contribution is -0.120. The summed E-state index contributed by atoms with van der Waals surface area (Å²) in [5.41, 5.74) is 1.26. The summed E-state index contributed by atoms with van der Waals surface area (Å²) in [7, 11) is 0. The van der Waals surface area contributed by atoms with Crippen molar-refractivity contribution in [1.29, 1.82) is 0 Å². The maximum absolute atomic E-state index is 11.7. The molecule has 2 amide bonds. The van der Waals surface area contributed by atoms with Crippen LogP contribution in [0.3, 0.4) is 0 Å². The Kier molecular flexibility index (Phi) is 2.40. The van der Waals surface area contributed by atoms with E-state index >= 15 is 0 Å². The fourth-order valence-corrected chi connectivity index (χ4v) is 1.57. The third-order valence-electron chi connectivity index (χ3n) is 2.37. The van der Waals surface area contributed by atoms with Crippen LogP contribution in [0.4, 0.5) is 5.69 Å². The van der Waals surface area contributed by atoms with Crippen molar-refractivity contribution in [3.05, 3.63) is 41.5 Å². The second kappa shape index (κ2) is 3.73. The lowest BCUT2D eigenvalue weighted by atomic mass is 10.2. The molecule has 0 saturated heterocycles. The molecule has 4 nitrogen and oxygen atoms in total. The number of amides is 2. The molecule has 1 aliphatic heterocycles. The van der Waals surface area contributed by atoms with Crippen molar-refractivity contribution in [3.63, 3.8) is 0 Å². The van der Waals surface area contributed by atoms with Crippen LogP contribution in [-0.4, -0.2) is 18.1 Å². The molecule has 4 heteroatoms. The van der Waals surface area contributed by atoms with Crippen molar-refractivity contribution in [2.75, 3.05) is 4.90 Å². The average Bonchev–Trinajstić information content (AvgIpc) is 2.53. The van der Waals surface area contributed by atoms with E-state index in [4.69, 9.17) is 0 Å². The molecule has 1 aromatic carbocycles. The van der Waals surface area contributed by atoms with E-state index in [2.05, 4.69) is 0 Å². The predicted octanol–water partition coefficient (Wildman–Crippen LogP) is 1.32. The first kappa shape index (κ1) is 10.3. The van der Waals surface area contributed by atoms with Gasteiger partial charge in [0, 0.05) is 17.2 Å². The number of imide groups is 1. The number of rotatable bonds is 2. The lowest BCUT2D eigenvalue weighted by Gasteiger charge is -2.14. The van der Waals surface area contributed by atoms with Gasteiger partial charge in [-0.25, -0.2) is 4.90 Å². The molecule has 2 rings (SSSR count). The van der Waals surface area contributed by atoms with Gasteiger partial charge in [0.25, 0.3) is 11.8 Å². The second-order valence-corrected chi connectivity index (χ2v) is 3.52. The standard InChI is InChI=1S/C12H9NO3/c1-8-5-11(15)13(12(8)16)10-4-2-3-9(6-10)7-14/h2-7H,1H3.